The van der Waals surface area contributed by atoms with Crippen LogP contribution < -0.4 is 10.2 Å². The van der Waals surface area contributed by atoms with Crippen LogP contribution in [0.5, 0.6) is 0 Å². The van der Waals surface area contributed by atoms with Crippen LogP contribution in [0.4, 0.5) is 5.69 Å². The number of hydrogen-bond acceptors (Lipinski definition) is 3. The number of quaternary nitrogens is 1. The van der Waals surface area contributed by atoms with Gasteiger partial charge < -0.3 is 10.2 Å². The zero-order valence-electron chi connectivity index (χ0n) is 16.3. The maximum absolute atomic E-state index is 12.6. The molecule has 1 amide bonds. The number of carbonyl (C=O) groups is 1. The first-order valence-electron chi connectivity index (χ1n) is 9.49. The minimum atomic E-state index is -3.52. The fraction of sp³-hybridized carbons (Fsp3) is 0.632. The monoisotopic (exact) mass is 382 g/mol. The smallest absolute Gasteiger partial charge is 0.279 e. The van der Waals surface area contributed by atoms with Crippen molar-refractivity contribution >= 4 is 21.6 Å². The van der Waals surface area contributed by atoms with Crippen molar-refractivity contribution in [2.24, 2.45) is 11.8 Å². The zero-order valence-corrected chi connectivity index (χ0v) is 17.1. The topological polar surface area (TPSA) is 70.9 Å². The van der Waals surface area contributed by atoms with Crippen LogP contribution in [0.25, 0.3) is 0 Å². The van der Waals surface area contributed by atoms with E-state index in [1.54, 1.807) is 24.3 Å². The number of benzene rings is 1. The summed E-state index contributed by atoms with van der Waals surface area (Å²) in [5, 5.41) is 2.86. The molecule has 1 aromatic carbocycles. The third kappa shape index (κ3) is 5.28. The lowest BCUT2D eigenvalue weighted by molar-refractivity contribution is -0.904. The highest BCUT2D eigenvalue weighted by Crippen LogP contribution is 2.19. The van der Waals surface area contributed by atoms with Gasteiger partial charge in [0.15, 0.2) is 6.54 Å². The molecule has 0 saturated carbocycles. The average Bonchev–Trinajstić information content (AvgIpc) is 2.54. The van der Waals surface area contributed by atoms with Crippen molar-refractivity contribution < 1.29 is 18.1 Å². The first-order valence-corrected chi connectivity index (χ1v) is 10.9. The number of nitrogens with one attached hydrogen (secondary N) is 2. The summed E-state index contributed by atoms with van der Waals surface area (Å²) in [6, 6.07) is 6.52. The number of sulfonamides is 1. The van der Waals surface area contributed by atoms with Gasteiger partial charge in [-0.25, -0.2) is 8.42 Å². The number of amides is 1. The van der Waals surface area contributed by atoms with Gasteiger partial charge in [-0.1, -0.05) is 33.8 Å². The molecule has 1 aliphatic heterocycles. The maximum Gasteiger partial charge on any atom is 0.279 e. The van der Waals surface area contributed by atoms with E-state index < -0.39 is 10.0 Å². The second-order valence-electron chi connectivity index (χ2n) is 7.45. The summed E-state index contributed by atoms with van der Waals surface area (Å²) in [4.78, 5) is 13.9. The van der Waals surface area contributed by atoms with Crippen molar-refractivity contribution in [3.8, 4) is 0 Å². The quantitative estimate of drug-likeness (QED) is 0.745. The molecule has 2 rings (SSSR count). The Balaban J connectivity index is 2.05. The molecule has 146 valence electrons. The Morgan fingerprint density at radius 2 is 1.81 bits per heavy atom. The second kappa shape index (κ2) is 8.97. The van der Waals surface area contributed by atoms with Crippen LogP contribution >= 0.6 is 0 Å². The Labute approximate surface area is 157 Å². The van der Waals surface area contributed by atoms with Gasteiger partial charge in [-0.3, -0.25) is 4.79 Å². The first-order chi connectivity index (χ1) is 12.3. The minimum absolute atomic E-state index is 0.0707. The summed E-state index contributed by atoms with van der Waals surface area (Å²) in [5.74, 6) is 1.19. The zero-order chi connectivity index (χ0) is 19.3. The molecule has 0 aliphatic carbocycles. The molecule has 0 aromatic heterocycles. The van der Waals surface area contributed by atoms with E-state index in [9.17, 15) is 13.2 Å². The summed E-state index contributed by atoms with van der Waals surface area (Å²) in [7, 11) is -3.52. The van der Waals surface area contributed by atoms with Crippen LogP contribution in [0.15, 0.2) is 29.2 Å². The number of likely N-dealkylation sites (tertiary alicyclic amines) is 1. The molecule has 1 aliphatic rings. The van der Waals surface area contributed by atoms with Gasteiger partial charge in [0.25, 0.3) is 5.91 Å². The largest absolute Gasteiger partial charge is 0.327 e. The fourth-order valence-electron chi connectivity index (χ4n) is 3.95. The lowest BCUT2D eigenvalue weighted by Gasteiger charge is -2.31. The van der Waals surface area contributed by atoms with Gasteiger partial charge in [0.05, 0.1) is 18.0 Å². The molecule has 1 saturated heterocycles. The van der Waals surface area contributed by atoms with E-state index in [2.05, 4.69) is 19.2 Å². The fourth-order valence-corrected chi connectivity index (χ4v) is 5.45. The number of piperidine rings is 1. The maximum atomic E-state index is 12.6. The molecule has 0 spiro atoms. The van der Waals surface area contributed by atoms with Crippen molar-refractivity contribution in [2.45, 2.75) is 39.0 Å². The molecule has 1 aromatic rings. The molecule has 2 N–H and O–H groups in total. The van der Waals surface area contributed by atoms with Gasteiger partial charge in [0.2, 0.25) is 10.0 Å². The van der Waals surface area contributed by atoms with Crippen LogP contribution in [0.3, 0.4) is 0 Å². The van der Waals surface area contributed by atoms with Crippen LogP contribution in [-0.4, -0.2) is 51.4 Å². The highest BCUT2D eigenvalue weighted by atomic mass is 32.2. The summed E-state index contributed by atoms with van der Waals surface area (Å²) >= 11 is 0. The molecule has 1 heterocycles. The third-order valence-electron chi connectivity index (χ3n) is 4.95. The third-order valence-corrected chi connectivity index (χ3v) is 7.00. The van der Waals surface area contributed by atoms with Gasteiger partial charge in [0, 0.05) is 30.6 Å². The van der Waals surface area contributed by atoms with E-state index in [0.29, 0.717) is 37.2 Å². The predicted octanol–water partition coefficient (Wildman–Crippen LogP) is 1.22. The molecule has 7 heteroatoms. The van der Waals surface area contributed by atoms with Gasteiger partial charge in [-0.2, -0.15) is 4.31 Å². The standard InChI is InChI=1S/C19H31N3O3S/c1-5-22(6-2)26(24,25)18-9-7-8-17(11-18)20-19(23)14-21-12-15(3)10-16(4)13-21/h7-9,11,15-16H,5-6,10,12-14H2,1-4H3,(H,20,23)/p+1/t15-,16+. The number of hydrogen-bond donors (Lipinski definition) is 2. The number of anilines is 1. The highest BCUT2D eigenvalue weighted by molar-refractivity contribution is 7.89. The van der Waals surface area contributed by atoms with Crippen LogP contribution in [0.1, 0.15) is 34.1 Å². The molecule has 0 radical (unpaired) electrons. The lowest BCUT2D eigenvalue weighted by atomic mass is 9.92. The van der Waals surface area contributed by atoms with Gasteiger partial charge in [0.1, 0.15) is 0 Å². The van der Waals surface area contributed by atoms with Crippen molar-refractivity contribution in [1.82, 2.24) is 4.31 Å². The summed E-state index contributed by atoms with van der Waals surface area (Å²) in [5.41, 5.74) is 0.528. The van der Waals surface area contributed by atoms with Gasteiger partial charge in [-0.05, 0) is 24.6 Å². The Hall–Kier alpha value is -1.44. The molecule has 26 heavy (non-hydrogen) atoms. The van der Waals surface area contributed by atoms with Crippen molar-refractivity contribution in [3.05, 3.63) is 24.3 Å². The molecule has 6 nitrogen and oxygen atoms in total. The number of rotatable bonds is 7. The highest BCUT2D eigenvalue weighted by Gasteiger charge is 2.27. The molecule has 1 fully saturated rings. The van der Waals surface area contributed by atoms with E-state index in [4.69, 9.17) is 0 Å². The van der Waals surface area contributed by atoms with Gasteiger partial charge in [-0.15, -0.1) is 0 Å². The molecule has 0 bridgehead atoms. The Morgan fingerprint density at radius 1 is 1.19 bits per heavy atom. The average molecular weight is 383 g/mol. The van der Waals surface area contributed by atoms with E-state index in [1.165, 1.54) is 15.6 Å². The Morgan fingerprint density at radius 3 is 2.38 bits per heavy atom. The van der Waals surface area contributed by atoms with Crippen molar-refractivity contribution in [1.29, 1.82) is 0 Å². The Bertz CT molecular complexity index is 706. The van der Waals surface area contributed by atoms with Gasteiger partial charge >= 0.3 is 0 Å². The summed E-state index contributed by atoms with van der Waals surface area (Å²) < 4.78 is 26.7. The minimum Gasteiger partial charge on any atom is -0.327 e. The van der Waals surface area contributed by atoms with E-state index >= 15 is 0 Å². The molecular formula is C19H32N3O3S+. The van der Waals surface area contributed by atoms with Crippen LogP contribution in [0, 0.1) is 11.8 Å². The predicted molar refractivity (Wildman–Crippen MR) is 104 cm³/mol. The lowest BCUT2D eigenvalue weighted by Crippen LogP contribution is -3.15. The summed E-state index contributed by atoms with van der Waals surface area (Å²) in [6.07, 6.45) is 1.22. The number of nitrogens with zero attached hydrogens (tertiary/aromatic N) is 1. The Kier molecular flexibility index (Phi) is 7.20. The van der Waals surface area contributed by atoms with Crippen LogP contribution in [0.2, 0.25) is 0 Å². The summed E-state index contributed by atoms with van der Waals surface area (Å²) in [6.45, 7) is 11.4. The van der Waals surface area contributed by atoms with Crippen molar-refractivity contribution in [2.75, 3.05) is 38.0 Å². The molecule has 3 atom stereocenters. The van der Waals surface area contributed by atoms with Crippen molar-refractivity contribution in [3.63, 3.8) is 0 Å². The molecular weight excluding hydrogens is 350 g/mol. The number of carbonyl (C=O) groups excluding carboxylic acids is 1. The SMILES string of the molecule is CCN(CC)S(=O)(=O)c1cccc(NC(=O)C[NH+]2C[C@H](C)C[C@H](C)C2)c1. The van der Waals surface area contributed by atoms with E-state index in [-0.39, 0.29) is 10.8 Å². The van der Waals surface area contributed by atoms with E-state index in [1.807, 2.05) is 13.8 Å². The van der Waals surface area contributed by atoms with E-state index in [0.717, 1.165) is 13.1 Å². The van der Waals surface area contributed by atoms with Crippen LogP contribution in [-0.2, 0) is 14.8 Å². The second-order valence-corrected chi connectivity index (χ2v) is 9.38. The molecule has 1 unspecified atom stereocenters. The normalized spacial score (nSPS) is 23.8. The first kappa shape index (κ1) is 20.9.